The zero-order valence-electron chi connectivity index (χ0n) is 11.3. The lowest BCUT2D eigenvalue weighted by Gasteiger charge is -2.23. The van der Waals surface area contributed by atoms with E-state index in [4.69, 9.17) is 16.3 Å². The highest BCUT2D eigenvalue weighted by Crippen LogP contribution is 2.42. The quantitative estimate of drug-likeness (QED) is 0.806. The van der Waals surface area contributed by atoms with Gasteiger partial charge in [0.05, 0.1) is 26.0 Å². The van der Waals surface area contributed by atoms with E-state index in [2.05, 4.69) is 9.89 Å². The Morgan fingerprint density at radius 3 is 3.05 bits per heavy atom. The first-order valence-corrected chi connectivity index (χ1v) is 7.97. The summed E-state index contributed by atoms with van der Waals surface area (Å²) in [5.74, 6) is 0.586. The Labute approximate surface area is 126 Å². The predicted octanol–water partition coefficient (Wildman–Crippen LogP) is 2.93. The highest BCUT2D eigenvalue weighted by molar-refractivity contribution is 7.16. The van der Waals surface area contributed by atoms with Gasteiger partial charge < -0.3 is 9.64 Å². The van der Waals surface area contributed by atoms with Crippen LogP contribution in [0.2, 0.25) is 0 Å². The molecule has 108 valence electrons. The van der Waals surface area contributed by atoms with Gasteiger partial charge in [0.1, 0.15) is 5.00 Å². The van der Waals surface area contributed by atoms with Gasteiger partial charge in [-0.25, -0.2) is 9.79 Å². The molecule has 0 aliphatic carbocycles. The second-order valence-corrected chi connectivity index (χ2v) is 6.21. The molecule has 1 amide bonds. The van der Waals surface area contributed by atoms with Crippen LogP contribution in [-0.4, -0.2) is 41.3 Å². The van der Waals surface area contributed by atoms with Crippen molar-refractivity contribution in [3.05, 3.63) is 16.0 Å². The first kappa shape index (κ1) is 13.7. The zero-order chi connectivity index (χ0) is 14.1. The monoisotopic (exact) mass is 313 g/mol. The third-order valence-corrected chi connectivity index (χ3v) is 4.80. The smallest absolute Gasteiger partial charge is 0.410 e. The summed E-state index contributed by atoms with van der Waals surface area (Å²) in [4.78, 5) is 21.4. The van der Waals surface area contributed by atoms with Crippen LogP contribution in [0.3, 0.4) is 0 Å². The molecule has 0 atom stereocenters. The van der Waals surface area contributed by atoms with E-state index in [-0.39, 0.29) is 6.09 Å². The fraction of sp³-hybridized carbons (Fsp3) is 0.538. The van der Waals surface area contributed by atoms with Crippen LogP contribution < -0.4 is 0 Å². The maximum atomic E-state index is 11.8. The molecule has 0 unspecified atom stereocenters. The number of amides is 1. The van der Waals surface area contributed by atoms with Gasteiger partial charge in [0.25, 0.3) is 0 Å². The summed E-state index contributed by atoms with van der Waals surface area (Å²) >= 11 is 7.46. The maximum Gasteiger partial charge on any atom is 0.410 e. The molecule has 1 aromatic rings. The summed E-state index contributed by atoms with van der Waals surface area (Å²) in [6.07, 6.45) is 1.63. The molecule has 2 aliphatic rings. The summed E-state index contributed by atoms with van der Waals surface area (Å²) in [5.41, 5.74) is 2.49. The molecule has 20 heavy (non-hydrogen) atoms. The van der Waals surface area contributed by atoms with Crippen LogP contribution in [0, 0.1) is 0 Å². The van der Waals surface area contributed by atoms with Gasteiger partial charge in [-0.3, -0.25) is 4.90 Å². The molecule has 0 bridgehead atoms. The third kappa shape index (κ3) is 2.38. The van der Waals surface area contributed by atoms with Crippen molar-refractivity contribution in [1.82, 2.24) is 9.80 Å². The topological polar surface area (TPSA) is 45.1 Å². The molecular weight excluding hydrogens is 298 g/mol. The summed E-state index contributed by atoms with van der Waals surface area (Å²) in [6.45, 7) is 5.12. The van der Waals surface area contributed by atoms with Crippen molar-refractivity contribution in [2.24, 2.45) is 4.99 Å². The lowest BCUT2D eigenvalue weighted by Crippen LogP contribution is -2.28. The van der Waals surface area contributed by atoms with Gasteiger partial charge in [-0.1, -0.05) is 0 Å². The van der Waals surface area contributed by atoms with E-state index in [1.54, 1.807) is 16.2 Å². The standard InChI is InChI=1S/C13H16ClN3O2S/c1-2-19-13(18)17-6-9-10-5-16(4-3-14)8-15-12(10)20-11(9)7-17/h8H,2-7H2,1H3. The van der Waals surface area contributed by atoms with Gasteiger partial charge in [0.2, 0.25) is 0 Å². The van der Waals surface area contributed by atoms with Gasteiger partial charge in [-0.05, 0) is 12.5 Å². The largest absolute Gasteiger partial charge is 0.450 e. The highest BCUT2D eigenvalue weighted by atomic mass is 35.5. The molecule has 2 aliphatic heterocycles. The Morgan fingerprint density at radius 1 is 1.45 bits per heavy atom. The Bertz CT molecular complexity index is 558. The number of rotatable bonds is 3. The van der Waals surface area contributed by atoms with Crippen molar-refractivity contribution in [2.75, 3.05) is 19.0 Å². The van der Waals surface area contributed by atoms with E-state index in [1.165, 1.54) is 16.0 Å². The molecule has 3 heterocycles. The summed E-state index contributed by atoms with van der Waals surface area (Å²) in [5, 5.41) is 1.07. The molecule has 0 fully saturated rings. The third-order valence-electron chi connectivity index (χ3n) is 3.46. The Morgan fingerprint density at radius 2 is 2.30 bits per heavy atom. The normalized spacial score (nSPS) is 16.3. The molecule has 0 radical (unpaired) electrons. The highest BCUT2D eigenvalue weighted by Gasteiger charge is 2.31. The molecular formula is C13H16ClN3O2S. The molecule has 3 rings (SSSR count). The number of carbonyl (C=O) groups excluding carboxylic acids is 1. The predicted molar refractivity (Wildman–Crippen MR) is 79.9 cm³/mol. The van der Waals surface area contributed by atoms with Crippen LogP contribution in [0.15, 0.2) is 4.99 Å². The minimum absolute atomic E-state index is 0.235. The van der Waals surface area contributed by atoms with E-state index < -0.39 is 0 Å². The maximum absolute atomic E-state index is 11.8. The van der Waals surface area contributed by atoms with Gasteiger partial charge >= 0.3 is 6.09 Å². The lowest BCUT2D eigenvalue weighted by molar-refractivity contribution is 0.107. The first-order chi connectivity index (χ1) is 9.72. The summed E-state index contributed by atoms with van der Waals surface area (Å²) < 4.78 is 5.06. The van der Waals surface area contributed by atoms with E-state index in [9.17, 15) is 4.79 Å². The van der Waals surface area contributed by atoms with Crippen LogP contribution in [-0.2, 0) is 24.4 Å². The molecule has 7 heteroatoms. The van der Waals surface area contributed by atoms with E-state index in [0.29, 0.717) is 25.6 Å². The fourth-order valence-corrected chi connectivity index (χ4v) is 3.90. The van der Waals surface area contributed by atoms with Crippen LogP contribution >= 0.6 is 22.9 Å². The van der Waals surface area contributed by atoms with Crippen LogP contribution in [0.5, 0.6) is 0 Å². The molecule has 0 aromatic carbocycles. The van der Waals surface area contributed by atoms with Crippen molar-refractivity contribution < 1.29 is 9.53 Å². The van der Waals surface area contributed by atoms with Crippen LogP contribution in [0.1, 0.15) is 22.9 Å². The van der Waals surface area contributed by atoms with Gasteiger partial charge in [-0.15, -0.1) is 22.9 Å². The number of alkyl halides is 1. The number of ether oxygens (including phenoxy) is 1. The van der Waals surface area contributed by atoms with Gasteiger partial charge in [-0.2, -0.15) is 0 Å². The van der Waals surface area contributed by atoms with E-state index in [1.807, 2.05) is 13.3 Å². The number of carbonyl (C=O) groups is 1. The second-order valence-electron chi connectivity index (χ2n) is 4.75. The second kappa shape index (κ2) is 5.61. The number of fused-ring (bicyclic) bond motifs is 3. The minimum atomic E-state index is -0.235. The molecule has 0 saturated carbocycles. The fourth-order valence-electron chi connectivity index (χ4n) is 2.50. The SMILES string of the molecule is CCOC(=O)N1Cc2sc3c(c2C1)CN(CCCl)C=N3. The van der Waals surface area contributed by atoms with Crippen molar-refractivity contribution >= 4 is 40.4 Å². The van der Waals surface area contributed by atoms with Gasteiger partial charge in [0.15, 0.2) is 0 Å². The molecule has 0 N–H and O–H groups in total. The van der Waals surface area contributed by atoms with E-state index in [0.717, 1.165) is 18.1 Å². The zero-order valence-corrected chi connectivity index (χ0v) is 12.8. The number of hydrogen-bond acceptors (Lipinski definition) is 5. The van der Waals surface area contributed by atoms with Crippen molar-refractivity contribution in [2.45, 2.75) is 26.6 Å². The van der Waals surface area contributed by atoms with Crippen molar-refractivity contribution in [1.29, 1.82) is 0 Å². The molecule has 0 spiro atoms. The average Bonchev–Trinajstić information content (AvgIpc) is 2.97. The number of aliphatic imine (C=N–C) groups is 1. The molecule has 0 saturated heterocycles. The number of hydrogen-bond donors (Lipinski definition) is 0. The van der Waals surface area contributed by atoms with Crippen molar-refractivity contribution in [3.63, 3.8) is 0 Å². The van der Waals surface area contributed by atoms with Gasteiger partial charge in [0, 0.05) is 29.4 Å². The van der Waals surface area contributed by atoms with Crippen LogP contribution in [0.4, 0.5) is 9.80 Å². The number of thiophene rings is 1. The minimum Gasteiger partial charge on any atom is -0.450 e. The molecule has 5 nitrogen and oxygen atoms in total. The number of halogens is 1. The van der Waals surface area contributed by atoms with E-state index >= 15 is 0 Å². The first-order valence-electron chi connectivity index (χ1n) is 6.62. The Balaban J connectivity index is 1.77. The Kier molecular flexibility index (Phi) is 3.85. The van der Waals surface area contributed by atoms with Crippen molar-refractivity contribution in [3.8, 4) is 0 Å². The lowest BCUT2D eigenvalue weighted by atomic mass is 10.1. The average molecular weight is 314 g/mol. The van der Waals surface area contributed by atoms with Crippen LogP contribution in [0.25, 0.3) is 0 Å². The summed E-state index contributed by atoms with van der Waals surface area (Å²) in [7, 11) is 0. The number of nitrogens with zero attached hydrogens (tertiary/aromatic N) is 3. The molecule has 1 aromatic heterocycles. The Hall–Kier alpha value is -1.27. The summed E-state index contributed by atoms with van der Waals surface area (Å²) in [6, 6.07) is 0.